The number of nitrogens with zero attached hydrogens (tertiary/aromatic N) is 1. The van der Waals surface area contributed by atoms with Crippen LogP contribution in [0, 0.1) is 0 Å². The minimum Gasteiger partial charge on any atom is -0.508 e. The molecule has 1 rings (SSSR count). The van der Waals surface area contributed by atoms with Crippen LogP contribution >= 0.6 is 0 Å². The van der Waals surface area contributed by atoms with E-state index in [1.165, 1.54) is 38.2 Å². The van der Waals surface area contributed by atoms with Crippen LogP contribution in [-0.2, 0) is 0 Å². The van der Waals surface area contributed by atoms with E-state index < -0.39 is 0 Å². The molecule has 0 amide bonds. The van der Waals surface area contributed by atoms with Gasteiger partial charge in [-0.25, -0.2) is 0 Å². The predicted octanol–water partition coefficient (Wildman–Crippen LogP) is 3.88. The van der Waals surface area contributed by atoms with Gasteiger partial charge in [-0.05, 0) is 18.6 Å². The normalized spacial score (nSPS) is 11.2. The zero-order valence-corrected chi connectivity index (χ0v) is 11.1. The van der Waals surface area contributed by atoms with Crippen LogP contribution in [0.15, 0.2) is 23.2 Å². The molecule has 100 valence electrons. The fraction of sp³-hybridized carbons (Fsp3) is 0.533. The Morgan fingerprint density at radius 1 is 1.06 bits per heavy atom. The summed E-state index contributed by atoms with van der Waals surface area (Å²) in [5, 5.41) is 18.7. The number of hydrogen-bond acceptors (Lipinski definition) is 3. The molecule has 0 aliphatic rings. The molecule has 0 spiro atoms. The lowest BCUT2D eigenvalue weighted by atomic mass is 10.1. The maximum Gasteiger partial charge on any atom is 0.128 e. The summed E-state index contributed by atoms with van der Waals surface area (Å²) in [7, 11) is 0. The maximum absolute atomic E-state index is 9.54. The van der Waals surface area contributed by atoms with Crippen molar-refractivity contribution < 1.29 is 10.2 Å². The predicted molar refractivity (Wildman–Crippen MR) is 75.6 cm³/mol. The van der Waals surface area contributed by atoms with Gasteiger partial charge >= 0.3 is 0 Å². The van der Waals surface area contributed by atoms with Gasteiger partial charge in [0.1, 0.15) is 11.5 Å². The highest BCUT2D eigenvalue weighted by Crippen LogP contribution is 2.20. The van der Waals surface area contributed by atoms with Crippen LogP contribution in [0.1, 0.15) is 51.0 Å². The average molecular weight is 249 g/mol. The monoisotopic (exact) mass is 249 g/mol. The zero-order chi connectivity index (χ0) is 13.2. The van der Waals surface area contributed by atoms with Crippen molar-refractivity contribution in [2.45, 2.75) is 45.4 Å². The number of phenolic OH excluding ortho intramolecular Hbond substituents is 2. The third-order valence-corrected chi connectivity index (χ3v) is 2.89. The van der Waals surface area contributed by atoms with Gasteiger partial charge in [0.2, 0.25) is 0 Å². The van der Waals surface area contributed by atoms with Crippen molar-refractivity contribution in [2.24, 2.45) is 4.99 Å². The molecule has 3 nitrogen and oxygen atoms in total. The van der Waals surface area contributed by atoms with Crippen molar-refractivity contribution in [3.63, 3.8) is 0 Å². The van der Waals surface area contributed by atoms with E-state index >= 15 is 0 Å². The van der Waals surface area contributed by atoms with Gasteiger partial charge in [-0.1, -0.05) is 39.0 Å². The molecule has 1 aromatic rings. The lowest BCUT2D eigenvalue weighted by molar-refractivity contribution is 0.450. The van der Waals surface area contributed by atoms with Crippen LogP contribution in [0.5, 0.6) is 11.5 Å². The largest absolute Gasteiger partial charge is 0.508 e. The zero-order valence-electron chi connectivity index (χ0n) is 11.1. The second-order valence-electron chi connectivity index (χ2n) is 4.55. The highest BCUT2D eigenvalue weighted by Gasteiger charge is 1.98. The Balaban J connectivity index is 2.20. The first-order chi connectivity index (χ1) is 8.74. The third-order valence-electron chi connectivity index (χ3n) is 2.89. The summed E-state index contributed by atoms with van der Waals surface area (Å²) < 4.78 is 0. The first kappa shape index (κ1) is 14.6. The Labute approximate surface area is 109 Å². The standard InChI is InChI=1S/C15H23NO2/c1-2-3-4-5-6-7-10-16-12-13-8-9-14(17)11-15(13)18/h8-9,11-12,17-18H,2-7,10H2,1H3. The average Bonchev–Trinajstić information content (AvgIpc) is 2.35. The Hall–Kier alpha value is -1.51. The van der Waals surface area contributed by atoms with Gasteiger partial charge in [-0.15, -0.1) is 0 Å². The summed E-state index contributed by atoms with van der Waals surface area (Å²) in [6.45, 7) is 3.01. The van der Waals surface area contributed by atoms with Crippen LogP contribution in [0.25, 0.3) is 0 Å². The number of aromatic hydroxyl groups is 2. The van der Waals surface area contributed by atoms with Crippen molar-refractivity contribution in [1.29, 1.82) is 0 Å². The summed E-state index contributed by atoms with van der Waals surface area (Å²) in [5.74, 6) is 0.141. The van der Waals surface area contributed by atoms with Crippen LogP contribution in [0.3, 0.4) is 0 Å². The third kappa shape index (κ3) is 5.71. The molecule has 2 N–H and O–H groups in total. The SMILES string of the molecule is CCCCCCCCN=Cc1ccc(O)cc1O. The molecule has 0 radical (unpaired) electrons. The number of unbranched alkanes of at least 4 members (excludes halogenated alkanes) is 5. The minimum absolute atomic E-state index is 0.0700. The summed E-state index contributed by atoms with van der Waals surface area (Å²) in [6.07, 6.45) is 9.19. The van der Waals surface area contributed by atoms with Crippen molar-refractivity contribution in [1.82, 2.24) is 0 Å². The van der Waals surface area contributed by atoms with Gasteiger partial charge in [0.05, 0.1) is 0 Å². The smallest absolute Gasteiger partial charge is 0.128 e. The number of rotatable bonds is 8. The number of hydrogen-bond donors (Lipinski definition) is 2. The van der Waals surface area contributed by atoms with Gasteiger partial charge in [0.15, 0.2) is 0 Å². The quantitative estimate of drug-likeness (QED) is 0.542. The van der Waals surface area contributed by atoms with Crippen LogP contribution in [0.4, 0.5) is 0 Å². The first-order valence-corrected chi connectivity index (χ1v) is 6.76. The lowest BCUT2D eigenvalue weighted by Gasteiger charge is -2.00. The highest BCUT2D eigenvalue weighted by atomic mass is 16.3. The van der Waals surface area contributed by atoms with Gasteiger partial charge in [-0.3, -0.25) is 4.99 Å². The molecular weight excluding hydrogens is 226 g/mol. The molecule has 0 heterocycles. The molecule has 1 aromatic carbocycles. The Morgan fingerprint density at radius 3 is 2.50 bits per heavy atom. The molecule has 0 bridgehead atoms. The molecule has 0 saturated heterocycles. The van der Waals surface area contributed by atoms with Gasteiger partial charge in [0.25, 0.3) is 0 Å². The van der Waals surface area contributed by atoms with Gasteiger partial charge in [-0.2, -0.15) is 0 Å². The van der Waals surface area contributed by atoms with Crippen molar-refractivity contribution >= 4 is 6.21 Å². The minimum atomic E-state index is 0.0700. The molecule has 0 unspecified atom stereocenters. The number of phenols is 2. The number of aliphatic imine (C=N–C) groups is 1. The fourth-order valence-corrected chi connectivity index (χ4v) is 1.79. The van der Waals surface area contributed by atoms with Gasteiger partial charge < -0.3 is 10.2 Å². The summed E-state index contributed by atoms with van der Waals surface area (Å²) >= 11 is 0. The van der Waals surface area contributed by atoms with Crippen LogP contribution in [0.2, 0.25) is 0 Å². The highest BCUT2D eigenvalue weighted by molar-refractivity contribution is 5.83. The molecule has 0 atom stereocenters. The number of benzene rings is 1. The van der Waals surface area contributed by atoms with E-state index in [2.05, 4.69) is 11.9 Å². The molecule has 18 heavy (non-hydrogen) atoms. The molecule has 0 aliphatic heterocycles. The maximum atomic E-state index is 9.54. The second-order valence-corrected chi connectivity index (χ2v) is 4.55. The van der Waals surface area contributed by atoms with E-state index in [1.807, 2.05) is 0 Å². The summed E-state index contributed by atoms with van der Waals surface area (Å²) in [4.78, 5) is 4.28. The lowest BCUT2D eigenvalue weighted by Crippen LogP contribution is -1.87. The molecule has 0 saturated carbocycles. The Kier molecular flexibility index (Phi) is 6.92. The molecule has 0 aliphatic carbocycles. The molecule has 0 fully saturated rings. The van der Waals surface area contributed by atoms with Crippen molar-refractivity contribution in [3.05, 3.63) is 23.8 Å². The molecule has 0 aromatic heterocycles. The van der Waals surface area contributed by atoms with E-state index in [4.69, 9.17) is 5.11 Å². The van der Waals surface area contributed by atoms with E-state index in [-0.39, 0.29) is 11.5 Å². The topological polar surface area (TPSA) is 52.8 Å². The second kappa shape index (κ2) is 8.56. The van der Waals surface area contributed by atoms with Gasteiger partial charge in [0, 0.05) is 24.4 Å². The van der Waals surface area contributed by atoms with E-state index in [1.54, 1.807) is 18.3 Å². The Bertz CT molecular complexity index is 375. The molecular formula is C15H23NO2. The van der Waals surface area contributed by atoms with Crippen LogP contribution in [-0.4, -0.2) is 23.0 Å². The van der Waals surface area contributed by atoms with E-state index in [0.29, 0.717) is 5.56 Å². The summed E-state index contributed by atoms with van der Waals surface area (Å²) in [5.41, 5.74) is 0.652. The van der Waals surface area contributed by atoms with Crippen LogP contribution < -0.4 is 0 Å². The van der Waals surface area contributed by atoms with Crippen molar-refractivity contribution in [3.8, 4) is 11.5 Å². The van der Waals surface area contributed by atoms with E-state index in [9.17, 15) is 5.11 Å². The Morgan fingerprint density at radius 2 is 1.78 bits per heavy atom. The molecule has 3 heteroatoms. The first-order valence-electron chi connectivity index (χ1n) is 6.76. The van der Waals surface area contributed by atoms with E-state index in [0.717, 1.165) is 13.0 Å². The van der Waals surface area contributed by atoms with Crippen molar-refractivity contribution in [2.75, 3.05) is 6.54 Å². The fourth-order valence-electron chi connectivity index (χ4n) is 1.79. The summed E-state index contributed by atoms with van der Waals surface area (Å²) in [6, 6.07) is 4.54.